The number of furan rings is 1. The molecule has 3 aromatic rings. The van der Waals surface area contributed by atoms with Gasteiger partial charge in [-0.05, 0) is 43.2 Å². The van der Waals surface area contributed by atoms with Gasteiger partial charge in [-0.25, -0.2) is 4.39 Å². The van der Waals surface area contributed by atoms with Crippen LogP contribution in [0, 0.1) is 5.82 Å². The fourth-order valence-electron chi connectivity index (χ4n) is 2.48. The van der Waals surface area contributed by atoms with Crippen LogP contribution in [0.15, 0.2) is 53.1 Å². The van der Waals surface area contributed by atoms with E-state index in [4.69, 9.17) is 4.42 Å². The molecule has 0 aliphatic heterocycles. The molecule has 1 N–H and O–H groups in total. The average Bonchev–Trinajstić information content (AvgIpc) is 3.26. The van der Waals surface area contributed by atoms with E-state index in [1.807, 2.05) is 12.1 Å². The number of nitrogens with one attached hydrogen (secondary N) is 1. The van der Waals surface area contributed by atoms with Crippen molar-refractivity contribution in [3.63, 3.8) is 0 Å². The molecule has 0 spiro atoms. The van der Waals surface area contributed by atoms with E-state index in [0.29, 0.717) is 18.0 Å². The van der Waals surface area contributed by atoms with Crippen LogP contribution >= 0.6 is 0 Å². The molecule has 0 saturated heterocycles. The number of H-pyrrole nitrogens is 1. The third-order valence-corrected chi connectivity index (χ3v) is 3.77. The SMILES string of the molecule is CN(CCCc1cc(-c2cccc(F)c2)n[nH]1)C(=O)c1ccco1. The number of benzene rings is 1. The first-order valence-electron chi connectivity index (χ1n) is 7.72. The molecule has 0 unspecified atom stereocenters. The molecule has 6 heteroatoms. The van der Waals surface area contributed by atoms with Crippen LogP contribution < -0.4 is 0 Å². The summed E-state index contributed by atoms with van der Waals surface area (Å²) in [6, 6.07) is 11.6. The van der Waals surface area contributed by atoms with Crippen molar-refractivity contribution in [1.82, 2.24) is 15.1 Å². The Morgan fingerprint density at radius 1 is 1.29 bits per heavy atom. The van der Waals surface area contributed by atoms with Crippen LogP contribution in [0.5, 0.6) is 0 Å². The largest absolute Gasteiger partial charge is 0.459 e. The maximum absolute atomic E-state index is 13.3. The summed E-state index contributed by atoms with van der Waals surface area (Å²) in [5.41, 5.74) is 2.40. The Morgan fingerprint density at radius 2 is 2.17 bits per heavy atom. The summed E-state index contributed by atoms with van der Waals surface area (Å²) in [5.74, 6) is -0.0763. The summed E-state index contributed by atoms with van der Waals surface area (Å²) in [6.45, 7) is 0.605. The first-order valence-corrected chi connectivity index (χ1v) is 7.72. The Labute approximate surface area is 139 Å². The van der Waals surface area contributed by atoms with Crippen molar-refractivity contribution in [3.05, 3.63) is 66.0 Å². The summed E-state index contributed by atoms with van der Waals surface area (Å²) >= 11 is 0. The molecule has 0 atom stereocenters. The van der Waals surface area contributed by atoms with Crippen molar-refractivity contribution in [1.29, 1.82) is 0 Å². The van der Waals surface area contributed by atoms with Crippen LogP contribution in [0.2, 0.25) is 0 Å². The second kappa shape index (κ2) is 7.12. The second-order valence-corrected chi connectivity index (χ2v) is 5.60. The van der Waals surface area contributed by atoms with Gasteiger partial charge in [-0.15, -0.1) is 0 Å². The number of amides is 1. The van der Waals surface area contributed by atoms with Gasteiger partial charge in [0.2, 0.25) is 0 Å². The van der Waals surface area contributed by atoms with Crippen molar-refractivity contribution in [2.45, 2.75) is 12.8 Å². The normalized spacial score (nSPS) is 10.8. The number of rotatable bonds is 6. The molecule has 1 aromatic carbocycles. The highest BCUT2D eigenvalue weighted by atomic mass is 19.1. The van der Waals surface area contributed by atoms with Gasteiger partial charge in [0.25, 0.3) is 5.91 Å². The second-order valence-electron chi connectivity index (χ2n) is 5.60. The monoisotopic (exact) mass is 327 g/mol. The van der Waals surface area contributed by atoms with E-state index in [1.54, 1.807) is 30.1 Å². The van der Waals surface area contributed by atoms with Crippen molar-refractivity contribution in [2.75, 3.05) is 13.6 Å². The number of aryl methyl sites for hydroxylation is 1. The Hall–Kier alpha value is -2.89. The molecule has 0 aliphatic carbocycles. The number of aromatic nitrogens is 2. The van der Waals surface area contributed by atoms with Gasteiger partial charge >= 0.3 is 0 Å². The zero-order chi connectivity index (χ0) is 16.9. The van der Waals surface area contributed by atoms with E-state index < -0.39 is 0 Å². The first kappa shape index (κ1) is 16.0. The fourth-order valence-corrected chi connectivity index (χ4v) is 2.48. The van der Waals surface area contributed by atoms with Gasteiger partial charge < -0.3 is 9.32 Å². The summed E-state index contributed by atoms with van der Waals surface area (Å²) in [7, 11) is 1.75. The minimum absolute atomic E-state index is 0.134. The minimum Gasteiger partial charge on any atom is -0.459 e. The molecule has 5 nitrogen and oxygen atoms in total. The van der Waals surface area contributed by atoms with E-state index in [-0.39, 0.29) is 11.7 Å². The lowest BCUT2D eigenvalue weighted by atomic mass is 10.1. The predicted octanol–water partition coefficient (Wildman–Crippen LogP) is 3.51. The Kier molecular flexibility index (Phi) is 4.74. The van der Waals surface area contributed by atoms with Crippen molar-refractivity contribution in [2.24, 2.45) is 0 Å². The molecule has 0 saturated carbocycles. The summed E-state index contributed by atoms with van der Waals surface area (Å²) in [6.07, 6.45) is 3.02. The van der Waals surface area contributed by atoms with E-state index in [9.17, 15) is 9.18 Å². The molecule has 0 fully saturated rings. The van der Waals surface area contributed by atoms with Crippen LogP contribution in [-0.2, 0) is 6.42 Å². The summed E-state index contributed by atoms with van der Waals surface area (Å²) in [4.78, 5) is 13.7. The number of hydrogen-bond donors (Lipinski definition) is 1. The molecule has 0 bridgehead atoms. The Morgan fingerprint density at radius 3 is 2.92 bits per heavy atom. The minimum atomic E-state index is -0.282. The first-order chi connectivity index (χ1) is 11.6. The number of carbonyl (C=O) groups is 1. The van der Waals surface area contributed by atoms with Gasteiger partial charge in [0.05, 0.1) is 12.0 Å². The van der Waals surface area contributed by atoms with Crippen LogP contribution in [-0.4, -0.2) is 34.6 Å². The molecule has 2 heterocycles. The van der Waals surface area contributed by atoms with Crippen molar-refractivity contribution < 1.29 is 13.6 Å². The smallest absolute Gasteiger partial charge is 0.289 e. The lowest BCUT2D eigenvalue weighted by Crippen LogP contribution is -2.27. The number of aromatic amines is 1. The van der Waals surface area contributed by atoms with Crippen molar-refractivity contribution in [3.8, 4) is 11.3 Å². The van der Waals surface area contributed by atoms with E-state index in [0.717, 1.165) is 24.1 Å². The maximum atomic E-state index is 13.3. The lowest BCUT2D eigenvalue weighted by Gasteiger charge is -2.15. The molecular weight excluding hydrogens is 309 g/mol. The van der Waals surface area contributed by atoms with Gasteiger partial charge in [0.15, 0.2) is 5.76 Å². The Balaban J connectivity index is 1.53. The predicted molar refractivity (Wildman–Crippen MR) is 88.0 cm³/mol. The van der Waals surface area contributed by atoms with Crippen LogP contribution in [0.25, 0.3) is 11.3 Å². The summed E-state index contributed by atoms with van der Waals surface area (Å²) < 4.78 is 18.4. The van der Waals surface area contributed by atoms with Gasteiger partial charge in [-0.3, -0.25) is 9.89 Å². The molecule has 1 amide bonds. The quantitative estimate of drug-likeness (QED) is 0.753. The fraction of sp³-hybridized carbons (Fsp3) is 0.222. The topological polar surface area (TPSA) is 62.1 Å². The molecule has 124 valence electrons. The van der Waals surface area contributed by atoms with E-state index >= 15 is 0 Å². The maximum Gasteiger partial charge on any atom is 0.289 e. The van der Waals surface area contributed by atoms with Gasteiger partial charge in [-0.1, -0.05) is 12.1 Å². The third-order valence-electron chi connectivity index (χ3n) is 3.77. The number of hydrogen-bond acceptors (Lipinski definition) is 3. The van der Waals surface area contributed by atoms with Crippen LogP contribution in [0.1, 0.15) is 22.7 Å². The molecule has 0 aliphatic rings. The molecular formula is C18H18FN3O2. The van der Waals surface area contributed by atoms with Gasteiger partial charge in [-0.2, -0.15) is 5.10 Å². The molecule has 24 heavy (non-hydrogen) atoms. The lowest BCUT2D eigenvalue weighted by molar-refractivity contribution is 0.0762. The average molecular weight is 327 g/mol. The number of nitrogens with zero attached hydrogens (tertiary/aromatic N) is 2. The number of carbonyl (C=O) groups excluding carboxylic acids is 1. The van der Waals surface area contributed by atoms with Gasteiger partial charge in [0.1, 0.15) is 5.82 Å². The Bertz CT molecular complexity index is 811. The van der Waals surface area contributed by atoms with Gasteiger partial charge in [0, 0.05) is 24.8 Å². The molecule has 2 aromatic heterocycles. The van der Waals surface area contributed by atoms with Crippen molar-refractivity contribution >= 4 is 5.91 Å². The zero-order valence-corrected chi connectivity index (χ0v) is 13.3. The molecule has 0 radical (unpaired) electrons. The van der Waals surface area contributed by atoms with Crippen LogP contribution in [0.3, 0.4) is 0 Å². The number of halogens is 1. The highest BCUT2D eigenvalue weighted by Crippen LogP contribution is 2.19. The third kappa shape index (κ3) is 3.71. The summed E-state index contributed by atoms with van der Waals surface area (Å²) in [5, 5.41) is 7.17. The standard InChI is InChI=1S/C18H18FN3O2/c1-22(18(23)17-8-4-10-24-17)9-3-7-15-12-16(21-20-15)13-5-2-6-14(19)11-13/h2,4-6,8,10-12H,3,7,9H2,1H3,(H,20,21). The highest BCUT2D eigenvalue weighted by Gasteiger charge is 2.14. The highest BCUT2D eigenvalue weighted by molar-refractivity contribution is 5.91. The zero-order valence-electron chi connectivity index (χ0n) is 13.3. The van der Waals surface area contributed by atoms with E-state index in [2.05, 4.69) is 10.2 Å². The van der Waals surface area contributed by atoms with E-state index in [1.165, 1.54) is 18.4 Å². The molecule has 3 rings (SSSR count). The van der Waals surface area contributed by atoms with Crippen LogP contribution in [0.4, 0.5) is 4.39 Å².